The smallest absolute Gasteiger partial charge is 0.0408 e. The molecule has 1 N–H and O–H groups in total. The number of piperidine rings is 1. The molecule has 2 aliphatic rings. The quantitative estimate of drug-likeness (QED) is 0.835. The lowest BCUT2D eigenvalue weighted by atomic mass is 9.68. The van der Waals surface area contributed by atoms with Gasteiger partial charge in [0.05, 0.1) is 0 Å². The van der Waals surface area contributed by atoms with Crippen molar-refractivity contribution >= 4 is 23.4 Å². The Balaban J connectivity index is 1.93. The van der Waals surface area contributed by atoms with E-state index in [4.69, 9.17) is 11.6 Å². The van der Waals surface area contributed by atoms with Crippen LogP contribution in [0.1, 0.15) is 24.3 Å². The highest BCUT2D eigenvalue weighted by Gasteiger charge is 2.43. The molecule has 92 valence electrons. The Morgan fingerprint density at radius 2 is 2.29 bits per heavy atom. The van der Waals surface area contributed by atoms with E-state index in [1.807, 2.05) is 6.07 Å². The van der Waals surface area contributed by atoms with E-state index in [0.717, 1.165) is 11.6 Å². The number of hydrogen-bond acceptors (Lipinski definition) is 2. The SMILES string of the molecule is Clc1cccc(C2CNCCC23CCSC3)c1. The van der Waals surface area contributed by atoms with Gasteiger partial charge in [0.25, 0.3) is 0 Å². The Morgan fingerprint density at radius 1 is 1.35 bits per heavy atom. The third-order valence-corrected chi connectivity index (χ3v) is 5.78. The normalized spacial score (nSPS) is 33.1. The molecule has 0 bridgehead atoms. The lowest BCUT2D eigenvalue weighted by Crippen LogP contribution is -2.43. The molecular formula is C14H18ClNS. The molecule has 2 fully saturated rings. The van der Waals surface area contributed by atoms with Crippen LogP contribution in [-0.4, -0.2) is 24.6 Å². The maximum absolute atomic E-state index is 6.13. The van der Waals surface area contributed by atoms with Gasteiger partial charge in [0.1, 0.15) is 0 Å². The van der Waals surface area contributed by atoms with Crippen LogP contribution >= 0.6 is 23.4 Å². The maximum atomic E-state index is 6.13. The van der Waals surface area contributed by atoms with E-state index in [0.29, 0.717) is 11.3 Å². The fraction of sp³-hybridized carbons (Fsp3) is 0.571. The van der Waals surface area contributed by atoms with E-state index in [9.17, 15) is 0 Å². The number of rotatable bonds is 1. The van der Waals surface area contributed by atoms with Gasteiger partial charge in [-0.3, -0.25) is 0 Å². The lowest BCUT2D eigenvalue weighted by molar-refractivity contribution is 0.197. The number of thioether (sulfide) groups is 1. The average molecular weight is 268 g/mol. The molecule has 2 unspecified atom stereocenters. The van der Waals surface area contributed by atoms with Crippen molar-refractivity contribution in [2.75, 3.05) is 24.6 Å². The number of benzene rings is 1. The summed E-state index contributed by atoms with van der Waals surface area (Å²) in [5.41, 5.74) is 1.95. The Bertz CT molecular complexity index is 401. The third kappa shape index (κ3) is 2.23. The molecular weight excluding hydrogens is 250 g/mol. The van der Waals surface area contributed by atoms with Crippen LogP contribution in [0.4, 0.5) is 0 Å². The molecule has 0 saturated carbocycles. The molecule has 1 spiro atoms. The van der Waals surface area contributed by atoms with Crippen LogP contribution < -0.4 is 5.32 Å². The number of nitrogens with one attached hydrogen (secondary N) is 1. The first-order chi connectivity index (χ1) is 8.30. The van der Waals surface area contributed by atoms with Gasteiger partial charge in [-0.05, 0) is 54.0 Å². The van der Waals surface area contributed by atoms with Crippen LogP contribution in [0.15, 0.2) is 24.3 Å². The second-order valence-electron chi connectivity index (χ2n) is 5.23. The van der Waals surface area contributed by atoms with Gasteiger partial charge in [0.15, 0.2) is 0 Å². The first kappa shape index (κ1) is 11.9. The molecule has 1 aromatic carbocycles. The molecule has 3 heteroatoms. The second kappa shape index (κ2) is 4.83. The van der Waals surface area contributed by atoms with E-state index < -0.39 is 0 Å². The summed E-state index contributed by atoms with van der Waals surface area (Å²) < 4.78 is 0. The summed E-state index contributed by atoms with van der Waals surface area (Å²) >= 11 is 8.25. The van der Waals surface area contributed by atoms with Crippen molar-refractivity contribution in [1.82, 2.24) is 5.32 Å². The Hall–Kier alpha value is -0.180. The highest BCUT2D eigenvalue weighted by Crippen LogP contribution is 2.50. The fourth-order valence-corrected chi connectivity index (χ4v) is 5.05. The van der Waals surface area contributed by atoms with Crippen LogP contribution in [0.25, 0.3) is 0 Å². The fourth-order valence-electron chi connectivity index (χ4n) is 3.26. The summed E-state index contributed by atoms with van der Waals surface area (Å²) in [4.78, 5) is 0. The van der Waals surface area contributed by atoms with Crippen LogP contribution in [0.2, 0.25) is 5.02 Å². The van der Waals surface area contributed by atoms with E-state index in [2.05, 4.69) is 35.3 Å². The molecule has 0 amide bonds. The Kier molecular flexibility index (Phi) is 3.38. The van der Waals surface area contributed by atoms with Gasteiger partial charge in [-0.2, -0.15) is 11.8 Å². The zero-order valence-corrected chi connectivity index (χ0v) is 11.5. The lowest BCUT2D eigenvalue weighted by Gasteiger charge is -2.41. The summed E-state index contributed by atoms with van der Waals surface area (Å²) in [5, 5.41) is 4.42. The third-order valence-electron chi connectivity index (χ3n) is 4.27. The molecule has 2 saturated heterocycles. The molecule has 1 nitrogen and oxygen atoms in total. The van der Waals surface area contributed by atoms with Gasteiger partial charge >= 0.3 is 0 Å². The summed E-state index contributed by atoms with van der Waals surface area (Å²) in [6.45, 7) is 2.29. The Labute approximate surface area is 112 Å². The summed E-state index contributed by atoms with van der Waals surface area (Å²) in [5.74, 6) is 3.30. The maximum Gasteiger partial charge on any atom is 0.0408 e. The minimum absolute atomic E-state index is 0.528. The summed E-state index contributed by atoms with van der Waals surface area (Å²) in [6, 6.07) is 8.46. The first-order valence-electron chi connectivity index (χ1n) is 6.34. The van der Waals surface area contributed by atoms with E-state index in [1.165, 1.54) is 36.5 Å². The minimum Gasteiger partial charge on any atom is -0.316 e. The van der Waals surface area contributed by atoms with Crippen LogP contribution in [0.3, 0.4) is 0 Å². The van der Waals surface area contributed by atoms with Crippen LogP contribution in [-0.2, 0) is 0 Å². The minimum atomic E-state index is 0.528. The van der Waals surface area contributed by atoms with Gasteiger partial charge in [0, 0.05) is 17.5 Å². The molecule has 2 aliphatic heterocycles. The highest BCUT2D eigenvalue weighted by molar-refractivity contribution is 7.99. The molecule has 0 aromatic heterocycles. The molecule has 2 atom stereocenters. The molecule has 1 aromatic rings. The molecule has 0 radical (unpaired) electrons. The highest BCUT2D eigenvalue weighted by atomic mass is 35.5. The van der Waals surface area contributed by atoms with Crippen LogP contribution in [0.5, 0.6) is 0 Å². The Morgan fingerprint density at radius 3 is 3.06 bits per heavy atom. The summed E-state index contributed by atoms with van der Waals surface area (Å²) in [6.07, 6.45) is 2.69. The average Bonchev–Trinajstić information content (AvgIpc) is 2.79. The van der Waals surface area contributed by atoms with Crippen molar-refractivity contribution in [3.05, 3.63) is 34.9 Å². The number of hydrogen-bond donors (Lipinski definition) is 1. The van der Waals surface area contributed by atoms with E-state index >= 15 is 0 Å². The number of halogens is 1. The first-order valence-corrected chi connectivity index (χ1v) is 7.87. The molecule has 3 rings (SSSR count). The monoisotopic (exact) mass is 267 g/mol. The van der Waals surface area contributed by atoms with Crippen molar-refractivity contribution in [2.24, 2.45) is 5.41 Å². The molecule has 2 heterocycles. The van der Waals surface area contributed by atoms with Crippen molar-refractivity contribution in [3.8, 4) is 0 Å². The predicted molar refractivity (Wildman–Crippen MR) is 76.1 cm³/mol. The van der Waals surface area contributed by atoms with Gasteiger partial charge < -0.3 is 5.32 Å². The molecule has 0 aliphatic carbocycles. The zero-order valence-electron chi connectivity index (χ0n) is 9.92. The van der Waals surface area contributed by atoms with Gasteiger partial charge in [-0.15, -0.1) is 0 Å². The predicted octanol–water partition coefficient (Wildman–Crippen LogP) is 3.54. The van der Waals surface area contributed by atoms with Crippen molar-refractivity contribution in [3.63, 3.8) is 0 Å². The van der Waals surface area contributed by atoms with Gasteiger partial charge in [-0.25, -0.2) is 0 Å². The van der Waals surface area contributed by atoms with Crippen molar-refractivity contribution < 1.29 is 0 Å². The van der Waals surface area contributed by atoms with Crippen molar-refractivity contribution in [1.29, 1.82) is 0 Å². The zero-order chi connectivity index (χ0) is 11.7. The molecule has 17 heavy (non-hydrogen) atoms. The van der Waals surface area contributed by atoms with Crippen LogP contribution in [0, 0.1) is 5.41 Å². The van der Waals surface area contributed by atoms with Gasteiger partial charge in [0.2, 0.25) is 0 Å². The standard InChI is InChI=1S/C14H18ClNS/c15-12-3-1-2-11(8-12)13-9-16-6-4-14(13)5-7-17-10-14/h1-3,8,13,16H,4-7,9-10H2. The second-order valence-corrected chi connectivity index (χ2v) is 6.77. The topological polar surface area (TPSA) is 12.0 Å². The van der Waals surface area contributed by atoms with E-state index in [-0.39, 0.29) is 0 Å². The largest absolute Gasteiger partial charge is 0.316 e. The van der Waals surface area contributed by atoms with E-state index in [1.54, 1.807) is 0 Å². The van der Waals surface area contributed by atoms with Gasteiger partial charge in [-0.1, -0.05) is 23.7 Å². The van der Waals surface area contributed by atoms with Crippen molar-refractivity contribution in [2.45, 2.75) is 18.8 Å². The summed E-state index contributed by atoms with van der Waals surface area (Å²) in [7, 11) is 0.